The van der Waals surface area contributed by atoms with Gasteiger partial charge >= 0.3 is 0 Å². The van der Waals surface area contributed by atoms with E-state index in [4.69, 9.17) is 0 Å². The van der Waals surface area contributed by atoms with Crippen molar-refractivity contribution in [2.45, 2.75) is 65.5 Å². The highest BCUT2D eigenvalue weighted by molar-refractivity contribution is 5.95. The molecule has 0 spiro atoms. The van der Waals surface area contributed by atoms with Gasteiger partial charge in [-0.05, 0) is 57.3 Å². The summed E-state index contributed by atoms with van der Waals surface area (Å²) in [5.74, 6) is 2.49. The molecule has 4 atom stereocenters. The molecule has 0 aliphatic heterocycles. The second-order valence-corrected chi connectivity index (χ2v) is 6.97. The minimum absolute atomic E-state index is 0.0464. The second-order valence-electron chi connectivity index (χ2n) is 6.97. The molecule has 1 aromatic heterocycles. The summed E-state index contributed by atoms with van der Waals surface area (Å²) in [5.41, 5.74) is 1.72. The lowest BCUT2D eigenvalue weighted by atomic mass is 9.84. The topological polar surface area (TPSA) is 46.9 Å². The molecule has 2 saturated carbocycles. The van der Waals surface area contributed by atoms with Gasteiger partial charge in [-0.25, -0.2) is 0 Å². The standard InChI is InChI=1S/C17H27N3O/c1-4-7-20-12(3)16(10-18-20)17(21)19-11(2)15-9-13-5-6-14(15)8-13/h10-11,13-15H,4-9H2,1-3H3,(H,19,21)/t11-,13+,14+,15-/m1/s1. The Bertz CT molecular complexity index is 522. The molecule has 2 fully saturated rings. The normalized spacial score (nSPS) is 28.8. The molecule has 0 radical (unpaired) electrons. The summed E-state index contributed by atoms with van der Waals surface area (Å²) >= 11 is 0. The van der Waals surface area contributed by atoms with Crippen LogP contribution in [0.25, 0.3) is 0 Å². The Morgan fingerprint density at radius 3 is 2.90 bits per heavy atom. The molecule has 1 amide bonds. The average molecular weight is 289 g/mol. The van der Waals surface area contributed by atoms with Gasteiger partial charge in [0.1, 0.15) is 0 Å². The number of nitrogens with one attached hydrogen (secondary N) is 1. The van der Waals surface area contributed by atoms with Gasteiger partial charge in [0.05, 0.1) is 11.8 Å². The van der Waals surface area contributed by atoms with E-state index in [1.165, 1.54) is 25.7 Å². The first-order valence-corrected chi connectivity index (χ1v) is 8.43. The molecule has 4 nitrogen and oxygen atoms in total. The molecular formula is C17H27N3O. The van der Waals surface area contributed by atoms with Gasteiger partial charge < -0.3 is 5.32 Å². The molecule has 1 N–H and O–H groups in total. The van der Waals surface area contributed by atoms with Crippen LogP contribution in [0, 0.1) is 24.7 Å². The minimum Gasteiger partial charge on any atom is -0.349 e. The number of hydrogen-bond acceptors (Lipinski definition) is 2. The first kappa shape index (κ1) is 14.6. The summed E-state index contributed by atoms with van der Waals surface area (Å²) in [4.78, 5) is 12.5. The van der Waals surface area contributed by atoms with E-state index in [1.54, 1.807) is 6.20 Å². The molecule has 2 aliphatic rings. The zero-order valence-corrected chi connectivity index (χ0v) is 13.4. The number of nitrogens with zero attached hydrogens (tertiary/aromatic N) is 2. The Morgan fingerprint density at radius 1 is 1.48 bits per heavy atom. The highest BCUT2D eigenvalue weighted by Gasteiger charge is 2.42. The summed E-state index contributed by atoms with van der Waals surface area (Å²) in [6.45, 7) is 7.16. The quantitative estimate of drug-likeness (QED) is 0.905. The van der Waals surface area contributed by atoms with Crippen LogP contribution in [0.15, 0.2) is 6.20 Å². The van der Waals surface area contributed by atoms with Gasteiger partial charge in [-0.2, -0.15) is 5.10 Å². The van der Waals surface area contributed by atoms with Crippen LogP contribution in [0.2, 0.25) is 0 Å². The van der Waals surface area contributed by atoms with Crippen LogP contribution in [-0.2, 0) is 6.54 Å². The van der Waals surface area contributed by atoms with Gasteiger partial charge in [-0.15, -0.1) is 0 Å². The maximum Gasteiger partial charge on any atom is 0.254 e. The zero-order chi connectivity index (χ0) is 15.0. The maximum atomic E-state index is 12.5. The largest absolute Gasteiger partial charge is 0.349 e. The molecule has 0 aromatic carbocycles. The van der Waals surface area contributed by atoms with Crippen molar-refractivity contribution >= 4 is 5.91 Å². The Kier molecular flexibility index (Phi) is 4.05. The number of hydrogen-bond donors (Lipinski definition) is 1. The van der Waals surface area contributed by atoms with Crippen LogP contribution in [0.5, 0.6) is 0 Å². The summed E-state index contributed by atoms with van der Waals surface area (Å²) in [7, 11) is 0. The number of rotatable bonds is 5. The van der Waals surface area contributed by atoms with Gasteiger partial charge in [0.2, 0.25) is 0 Å². The van der Waals surface area contributed by atoms with Crippen molar-refractivity contribution in [3.8, 4) is 0 Å². The fourth-order valence-electron chi connectivity index (χ4n) is 4.40. The van der Waals surface area contributed by atoms with Gasteiger partial charge in [0.25, 0.3) is 5.91 Å². The number of aromatic nitrogens is 2. The Morgan fingerprint density at radius 2 is 2.29 bits per heavy atom. The van der Waals surface area contributed by atoms with Gasteiger partial charge in [0, 0.05) is 18.3 Å². The van der Waals surface area contributed by atoms with E-state index in [0.29, 0.717) is 5.92 Å². The fourth-order valence-corrected chi connectivity index (χ4v) is 4.40. The smallest absolute Gasteiger partial charge is 0.254 e. The van der Waals surface area contributed by atoms with E-state index >= 15 is 0 Å². The molecule has 1 aromatic rings. The van der Waals surface area contributed by atoms with Gasteiger partial charge in [-0.3, -0.25) is 9.48 Å². The average Bonchev–Trinajstić information content (AvgIpc) is 3.15. The highest BCUT2D eigenvalue weighted by atomic mass is 16.1. The lowest BCUT2D eigenvalue weighted by Crippen LogP contribution is -2.40. The van der Waals surface area contributed by atoms with E-state index < -0.39 is 0 Å². The monoisotopic (exact) mass is 289 g/mol. The molecule has 1 heterocycles. The zero-order valence-electron chi connectivity index (χ0n) is 13.4. The number of carbonyl (C=O) groups is 1. The van der Waals surface area contributed by atoms with Crippen LogP contribution in [-0.4, -0.2) is 21.7 Å². The van der Waals surface area contributed by atoms with Crippen LogP contribution >= 0.6 is 0 Å². The van der Waals surface area contributed by atoms with E-state index in [1.807, 2.05) is 11.6 Å². The van der Waals surface area contributed by atoms with Crippen LogP contribution in [0.1, 0.15) is 62.0 Å². The third kappa shape index (κ3) is 2.72. The van der Waals surface area contributed by atoms with Crippen LogP contribution < -0.4 is 5.32 Å². The van der Waals surface area contributed by atoms with Crippen LogP contribution in [0.3, 0.4) is 0 Å². The van der Waals surface area contributed by atoms with E-state index in [9.17, 15) is 4.79 Å². The van der Waals surface area contributed by atoms with E-state index in [-0.39, 0.29) is 11.9 Å². The Balaban J connectivity index is 1.63. The predicted molar refractivity (Wildman–Crippen MR) is 83.1 cm³/mol. The Hall–Kier alpha value is -1.32. The highest BCUT2D eigenvalue weighted by Crippen LogP contribution is 2.49. The third-order valence-electron chi connectivity index (χ3n) is 5.58. The summed E-state index contributed by atoms with van der Waals surface area (Å²) in [6.07, 6.45) is 8.21. The van der Waals surface area contributed by atoms with Gasteiger partial charge in [-0.1, -0.05) is 13.3 Å². The minimum atomic E-state index is 0.0464. The first-order chi connectivity index (χ1) is 10.1. The van der Waals surface area contributed by atoms with Crippen molar-refractivity contribution in [1.82, 2.24) is 15.1 Å². The molecule has 2 bridgehead atoms. The van der Waals surface area contributed by atoms with Crippen molar-refractivity contribution in [2.75, 3.05) is 0 Å². The molecule has 4 heteroatoms. The Labute approximate surface area is 127 Å². The molecule has 2 aliphatic carbocycles. The van der Waals surface area contributed by atoms with Crippen molar-refractivity contribution in [3.63, 3.8) is 0 Å². The molecule has 116 valence electrons. The summed E-state index contributed by atoms with van der Waals surface area (Å²) in [5, 5.41) is 7.55. The third-order valence-corrected chi connectivity index (χ3v) is 5.58. The fraction of sp³-hybridized carbons (Fsp3) is 0.765. The number of fused-ring (bicyclic) bond motifs is 2. The van der Waals surface area contributed by atoms with Crippen molar-refractivity contribution in [3.05, 3.63) is 17.5 Å². The molecular weight excluding hydrogens is 262 g/mol. The predicted octanol–water partition coefficient (Wildman–Crippen LogP) is 3.16. The lowest BCUT2D eigenvalue weighted by molar-refractivity contribution is 0.0914. The second kappa shape index (κ2) is 5.82. The SMILES string of the molecule is CCCn1ncc(C(=O)N[C@H](C)[C@H]2C[C@H]3CC[C@H]2C3)c1C. The molecule has 0 unspecified atom stereocenters. The first-order valence-electron chi connectivity index (χ1n) is 8.43. The maximum absolute atomic E-state index is 12.5. The van der Waals surface area contributed by atoms with Crippen molar-refractivity contribution in [1.29, 1.82) is 0 Å². The summed E-state index contributed by atoms with van der Waals surface area (Å²) in [6, 6.07) is 0.279. The summed E-state index contributed by atoms with van der Waals surface area (Å²) < 4.78 is 1.93. The molecule has 0 saturated heterocycles. The van der Waals surface area contributed by atoms with Crippen molar-refractivity contribution in [2.24, 2.45) is 17.8 Å². The van der Waals surface area contributed by atoms with Crippen LogP contribution in [0.4, 0.5) is 0 Å². The molecule has 21 heavy (non-hydrogen) atoms. The number of aryl methyl sites for hydroxylation is 1. The number of carbonyl (C=O) groups excluding carboxylic acids is 1. The van der Waals surface area contributed by atoms with Crippen molar-refractivity contribution < 1.29 is 4.79 Å². The van der Waals surface area contributed by atoms with Gasteiger partial charge in [0.15, 0.2) is 0 Å². The van der Waals surface area contributed by atoms with E-state index in [0.717, 1.165) is 36.1 Å². The lowest BCUT2D eigenvalue weighted by Gasteiger charge is -2.28. The number of amides is 1. The van der Waals surface area contributed by atoms with E-state index in [2.05, 4.69) is 24.3 Å². The molecule has 3 rings (SSSR count).